The summed E-state index contributed by atoms with van der Waals surface area (Å²) in [7, 11) is 1.81. The fraction of sp³-hybridized carbons (Fsp3) is 0.917. The van der Waals surface area contributed by atoms with Gasteiger partial charge in [0, 0.05) is 26.7 Å². The summed E-state index contributed by atoms with van der Waals surface area (Å²) in [5, 5.41) is 3.23. The summed E-state index contributed by atoms with van der Waals surface area (Å²) in [6, 6.07) is 0. The van der Waals surface area contributed by atoms with Gasteiger partial charge in [-0.2, -0.15) is 0 Å². The number of hydrogen-bond donors (Lipinski definition) is 1. The van der Waals surface area contributed by atoms with Gasteiger partial charge < -0.3 is 10.2 Å². The second-order valence-corrected chi connectivity index (χ2v) is 5.04. The molecule has 2 fully saturated rings. The Kier molecular flexibility index (Phi) is 3.66. The van der Waals surface area contributed by atoms with Gasteiger partial charge in [0.05, 0.1) is 6.67 Å². The molecule has 1 heterocycles. The smallest absolute Gasteiger partial charge is 0.193 e. The number of rotatable bonds is 3. The van der Waals surface area contributed by atoms with Crippen LogP contribution in [0.25, 0.3) is 0 Å². The minimum absolute atomic E-state index is 0.256. The number of guanidine groups is 1. The molecular weight excluding hydrogens is 205 g/mol. The van der Waals surface area contributed by atoms with Gasteiger partial charge in [-0.25, -0.2) is 0 Å². The van der Waals surface area contributed by atoms with Gasteiger partial charge in [0.1, 0.15) is 0 Å². The van der Waals surface area contributed by atoms with E-state index in [0.717, 1.165) is 19.0 Å². The van der Waals surface area contributed by atoms with Crippen molar-refractivity contribution in [3.63, 3.8) is 0 Å². The molecule has 1 spiro atoms. The summed E-state index contributed by atoms with van der Waals surface area (Å²) in [6.07, 6.45) is 6.02. The average molecular weight is 227 g/mol. The summed E-state index contributed by atoms with van der Waals surface area (Å²) in [4.78, 5) is 6.61. The average Bonchev–Trinajstić information content (AvgIpc) is 2.69. The van der Waals surface area contributed by atoms with Crippen LogP contribution in [-0.4, -0.2) is 44.2 Å². The normalized spacial score (nSPS) is 23.6. The topological polar surface area (TPSA) is 27.6 Å². The zero-order valence-corrected chi connectivity index (χ0v) is 10.1. The van der Waals surface area contributed by atoms with Crippen LogP contribution in [0.1, 0.15) is 32.1 Å². The highest BCUT2D eigenvalue weighted by atomic mass is 19.1. The molecule has 0 aromatic rings. The lowest BCUT2D eigenvalue weighted by molar-refractivity contribution is 0.151. The van der Waals surface area contributed by atoms with Gasteiger partial charge in [0.25, 0.3) is 0 Å². The Bertz CT molecular complexity index is 261. The van der Waals surface area contributed by atoms with E-state index in [1.807, 2.05) is 7.05 Å². The molecule has 92 valence electrons. The monoisotopic (exact) mass is 227 g/mol. The molecule has 4 heteroatoms. The van der Waals surface area contributed by atoms with E-state index in [9.17, 15) is 4.39 Å². The number of nitrogens with zero attached hydrogens (tertiary/aromatic N) is 2. The third-order valence-electron chi connectivity index (χ3n) is 3.96. The Morgan fingerprint density at radius 1 is 1.44 bits per heavy atom. The van der Waals surface area contributed by atoms with Crippen LogP contribution in [-0.2, 0) is 0 Å². The van der Waals surface area contributed by atoms with Crippen molar-refractivity contribution < 1.29 is 4.39 Å². The molecular formula is C12H22FN3. The second-order valence-electron chi connectivity index (χ2n) is 5.04. The number of likely N-dealkylation sites (tertiary alicyclic amines) is 1. The van der Waals surface area contributed by atoms with Gasteiger partial charge in [0.2, 0.25) is 0 Å². The first-order chi connectivity index (χ1) is 7.79. The van der Waals surface area contributed by atoms with Crippen molar-refractivity contribution in [3.8, 4) is 0 Å². The SMILES string of the molecule is CN=C(NCCCF)N1CCC2(CCC2)C1. The molecule has 0 amide bonds. The third-order valence-corrected chi connectivity index (χ3v) is 3.96. The third kappa shape index (κ3) is 2.30. The largest absolute Gasteiger partial charge is 0.356 e. The van der Waals surface area contributed by atoms with Gasteiger partial charge in [-0.3, -0.25) is 9.38 Å². The van der Waals surface area contributed by atoms with E-state index in [0.29, 0.717) is 18.4 Å². The van der Waals surface area contributed by atoms with Crippen molar-refractivity contribution in [3.05, 3.63) is 0 Å². The lowest BCUT2D eigenvalue weighted by Crippen LogP contribution is -2.42. The van der Waals surface area contributed by atoms with Crippen LogP contribution in [0.15, 0.2) is 4.99 Å². The molecule has 1 aliphatic heterocycles. The van der Waals surface area contributed by atoms with Crippen LogP contribution in [0.4, 0.5) is 4.39 Å². The Labute approximate surface area is 97.1 Å². The molecule has 1 N–H and O–H groups in total. The predicted octanol–water partition coefficient (Wildman–Crippen LogP) is 1.80. The van der Waals surface area contributed by atoms with Crippen molar-refractivity contribution in [2.45, 2.75) is 32.1 Å². The van der Waals surface area contributed by atoms with E-state index in [2.05, 4.69) is 15.2 Å². The zero-order chi connectivity index (χ0) is 11.4. The van der Waals surface area contributed by atoms with Gasteiger partial charge in [-0.15, -0.1) is 0 Å². The van der Waals surface area contributed by atoms with Crippen molar-refractivity contribution in [2.75, 3.05) is 33.4 Å². The molecule has 0 atom stereocenters. The maximum absolute atomic E-state index is 12.0. The highest BCUT2D eigenvalue weighted by Gasteiger charge is 2.43. The molecule has 0 radical (unpaired) electrons. The molecule has 0 aromatic heterocycles. The molecule has 1 saturated carbocycles. The first-order valence-electron chi connectivity index (χ1n) is 6.31. The highest BCUT2D eigenvalue weighted by Crippen LogP contribution is 2.47. The van der Waals surface area contributed by atoms with Crippen molar-refractivity contribution in [1.29, 1.82) is 0 Å². The molecule has 0 bridgehead atoms. The van der Waals surface area contributed by atoms with Crippen molar-refractivity contribution in [2.24, 2.45) is 10.4 Å². The van der Waals surface area contributed by atoms with Crippen LogP contribution in [0.5, 0.6) is 0 Å². The van der Waals surface area contributed by atoms with E-state index in [-0.39, 0.29) is 6.67 Å². The van der Waals surface area contributed by atoms with Crippen LogP contribution in [0.3, 0.4) is 0 Å². The minimum atomic E-state index is -0.256. The molecule has 16 heavy (non-hydrogen) atoms. The second kappa shape index (κ2) is 5.02. The predicted molar refractivity (Wildman–Crippen MR) is 64.4 cm³/mol. The maximum Gasteiger partial charge on any atom is 0.193 e. The first-order valence-corrected chi connectivity index (χ1v) is 6.31. The van der Waals surface area contributed by atoms with E-state index in [1.54, 1.807) is 0 Å². The summed E-state index contributed by atoms with van der Waals surface area (Å²) < 4.78 is 12.0. The molecule has 1 aliphatic carbocycles. The molecule has 1 saturated heterocycles. The lowest BCUT2D eigenvalue weighted by Gasteiger charge is -2.38. The van der Waals surface area contributed by atoms with Gasteiger partial charge >= 0.3 is 0 Å². The Morgan fingerprint density at radius 3 is 2.75 bits per heavy atom. The minimum Gasteiger partial charge on any atom is -0.356 e. The van der Waals surface area contributed by atoms with E-state index >= 15 is 0 Å². The van der Waals surface area contributed by atoms with Crippen molar-refractivity contribution in [1.82, 2.24) is 10.2 Å². The fourth-order valence-electron chi connectivity index (χ4n) is 2.80. The summed E-state index contributed by atoms with van der Waals surface area (Å²) in [5.74, 6) is 0.956. The Hall–Kier alpha value is -0.800. The summed E-state index contributed by atoms with van der Waals surface area (Å²) >= 11 is 0. The maximum atomic E-state index is 12.0. The van der Waals surface area contributed by atoms with Gasteiger partial charge in [-0.1, -0.05) is 6.42 Å². The molecule has 0 aromatic carbocycles. The summed E-state index contributed by atoms with van der Waals surface area (Å²) in [5.41, 5.74) is 0.595. The zero-order valence-electron chi connectivity index (χ0n) is 10.1. The van der Waals surface area contributed by atoms with E-state index in [4.69, 9.17) is 0 Å². The number of aliphatic imine (C=N–C) groups is 1. The molecule has 0 unspecified atom stereocenters. The Morgan fingerprint density at radius 2 is 2.25 bits per heavy atom. The quantitative estimate of drug-likeness (QED) is 0.452. The molecule has 2 aliphatic rings. The number of hydrogen-bond acceptors (Lipinski definition) is 1. The first kappa shape index (κ1) is 11.7. The summed E-state index contributed by atoms with van der Waals surface area (Å²) in [6.45, 7) is 2.68. The highest BCUT2D eigenvalue weighted by molar-refractivity contribution is 5.80. The van der Waals surface area contributed by atoms with Gasteiger partial charge in [-0.05, 0) is 31.1 Å². The van der Waals surface area contributed by atoms with Gasteiger partial charge in [0.15, 0.2) is 5.96 Å². The van der Waals surface area contributed by atoms with E-state index < -0.39 is 0 Å². The Balaban J connectivity index is 1.81. The standard InChI is InChI=1S/C12H22FN3/c1-14-11(15-8-3-7-13)16-9-6-12(10-16)4-2-5-12/h2-10H2,1H3,(H,14,15). The number of alkyl halides is 1. The number of nitrogens with one attached hydrogen (secondary N) is 1. The fourth-order valence-corrected chi connectivity index (χ4v) is 2.80. The van der Waals surface area contributed by atoms with Crippen LogP contribution in [0.2, 0.25) is 0 Å². The van der Waals surface area contributed by atoms with Crippen LogP contribution >= 0.6 is 0 Å². The van der Waals surface area contributed by atoms with Crippen molar-refractivity contribution >= 4 is 5.96 Å². The molecule has 2 rings (SSSR count). The van der Waals surface area contributed by atoms with Crippen LogP contribution in [0, 0.1) is 5.41 Å². The van der Waals surface area contributed by atoms with Crippen LogP contribution < -0.4 is 5.32 Å². The van der Waals surface area contributed by atoms with E-state index in [1.165, 1.54) is 25.7 Å². The lowest BCUT2D eigenvalue weighted by atomic mass is 9.68. The molecule has 3 nitrogen and oxygen atoms in total. The number of halogens is 1.